The molecule has 1 aliphatic heterocycles. The van der Waals surface area contributed by atoms with E-state index < -0.39 is 5.60 Å². The standard InChI is InChI=1S/C18H15ClN2O/c1-18(11-4-12-20)15-5-2-3-6-16(15)21-17(22-18)13-7-9-14(19)10-8-13/h2-3,5-10H,4,11H2,1H3. The van der Waals surface area contributed by atoms with E-state index in [0.717, 1.165) is 16.8 Å². The molecule has 0 amide bonds. The second kappa shape index (κ2) is 5.82. The van der Waals surface area contributed by atoms with Gasteiger partial charge in [-0.3, -0.25) is 0 Å². The van der Waals surface area contributed by atoms with Crippen LogP contribution in [0, 0.1) is 11.3 Å². The van der Waals surface area contributed by atoms with Crippen molar-refractivity contribution in [1.29, 1.82) is 5.26 Å². The number of hydrogen-bond acceptors (Lipinski definition) is 3. The van der Waals surface area contributed by atoms with E-state index in [1.807, 2.05) is 55.5 Å². The monoisotopic (exact) mass is 310 g/mol. The van der Waals surface area contributed by atoms with Crippen LogP contribution in [0.1, 0.15) is 30.9 Å². The summed E-state index contributed by atoms with van der Waals surface area (Å²) >= 11 is 5.94. The van der Waals surface area contributed by atoms with Crippen LogP contribution in [0.25, 0.3) is 0 Å². The highest BCUT2D eigenvalue weighted by atomic mass is 35.5. The molecule has 0 aliphatic carbocycles. The first-order valence-corrected chi connectivity index (χ1v) is 7.50. The van der Waals surface area contributed by atoms with Gasteiger partial charge in [-0.1, -0.05) is 29.8 Å². The largest absolute Gasteiger partial charge is 0.466 e. The number of fused-ring (bicyclic) bond motifs is 1. The Hall–Kier alpha value is -2.31. The molecule has 3 rings (SSSR count). The predicted octanol–water partition coefficient (Wildman–Crippen LogP) is 4.97. The number of ether oxygens (including phenoxy) is 1. The number of benzene rings is 2. The average Bonchev–Trinajstić information content (AvgIpc) is 2.54. The summed E-state index contributed by atoms with van der Waals surface area (Å²) in [7, 11) is 0. The fraction of sp³-hybridized carbons (Fsp3) is 0.222. The highest BCUT2D eigenvalue weighted by Gasteiger charge is 2.35. The van der Waals surface area contributed by atoms with Crippen molar-refractivity contribution in [2.45, 2.75) is 25.4 Å². The zero-order valence-electron chi connectivity index (χ0n) is 12.2. The molecule has 1 unspecified atom stereocenters. The number of nitriles is 1. The van der Waals surface area contributed by atoms with Crippen molar-refractivity contribution >= 4 is 23.2 Å². The molecule has 0 saturated carbocycles. The van der Waals surface area contributed by atoms with E-state index >= 15 is 0 Å². The van der Waals surface area contributed by atoms with Gasteiger partial charge in [0, 0.05) is 29.0 Å². The molecule has 1 heterocycles. The van der Waals surface area contributed by atoms with Gasteiger partial charge in [0.2, 0.25) is 5.90 Å². The zero-order chi connectivity index (χ0) is 15.6. The average molecular weight is 311 g/mol. The SMILES string of the molecule is CC1(CCC#N)OC(c2ccc(Cl)cc2)=Nc2ccccc21. The van der Waals surface area contributed by atoms with Gasteiger partial charge in [-0.25, -0.2) is 4.99 Å². The molecule has 0 fully saturated rings. The molecule has 2 aromatic carbocycles. The number of nitrogens with zero attached hydrogens (tertiary/aromatic N) is 2. The van der Waals surface area contributed by atoms with E-state index in [1.165, 1.54) is 0 Å². The van der Waals surface area contributed by atoms with E-state index in [1.54, 1.807) is 0 Å². The molecule has 0 N–H and O–H groups in total. The normalized spacial score (nSPS) is 19.6. The zero-order valence-corrected chi connectivity index (χ0v) is 13.0. The molecule has 22 heavy (non-hydrogen) atoms. The van der Waals surface area contributed by atoms with Gasteiger partial charge >= 0.3 is 0 Å². The fourth-order valence-electron chi connectivity index (χ4n) is 2.61. The van der Waals surface area contributed by atoms with E-state index in [0.29, 0.717) is 23.8 Å². The van der Waals surface area contributed by atoms with Gasteiger partial charge in [0.05, 0.1) is 11.8 Å². The first kappa shape index (κ1) is 14.6. The summed E-state index contributed by atoms with van der Waals surface area (Å²) in [5.74, 6) is 0.566. The molecule has 1 atom stereocenters. The Morgan fingerprint density at radius 2 is 1.91 bits per heavy atom. The summed E-state index contributed by atoms with van der Waals surface area (Å²) in [6.07, 6.45) is 1.05. The molecule has 4 heteroatoms. The summed E-state index contributed by atoms with van der Waals surface area (Å²) in [6.45, 7) is 2.01. The van der Waals surface area contributed by atoms with Crippen molar-refractivity contribution in [1.82, 2.24) is 0 Å². The van der Waals surface area contributed by atoms with Crippen molar-refractivity contribution in [3.63, 3.8) is 0 Å². The lowest BCUT2D eigenvalue weighted by atomic mass is 9.88. The van der Waals surface area contributed by atoms with E-state index in [9.17, 15) is 0 Å². The number of para-hydroxylation sites is 1. The molecule has 2 aromatic rings. The second-order valence-electron chi connectivity index (χ2n) is 5.43. The Balaban J connectivity index is 2.06. The minimum absolute atomic E-state index is 0.429. The van der Waals surface area contributed by atoms with Gasteiger partial charge in [0.1, 0.15) is 5.60 Å². The maximum atomic E-state index is 8.92. The minimum Gasteiger partial charge on any atom is -0.466 e. The predicted molar refractivity (Wildman–Crippen MR) is 87.4 cm³/mol. The fourth-order valence-corrected chi connectivity index (χ4v) is 2.74. The molecule has 0 radical (unpaired) electrons. The maximum absolute atomic E-state index is 8.92. The lowest BCUT2D eigenvalue weighted by molar-refractivity contribution is 0.0621. The quantitative estimate of drug-likeness (QED) is 0.803. The molecule has 0 bridgehead atoms. The lowest BCUT2D eigenvalue weighted by Gasteiger charge is -2.35. The summed E-state index contributed by atoms with van der Waals surface area (Å²) in [5, 5.41) is 9.60. The van der Waals surface area contributed by atoms with Gasteiger partial charge in [-0.05, 0) is 37.3 Å². The molecule has 1 aliphatic rings. The number of hydrogen-bond donors (Lipinski definition) is 0. The van der Waals surface area contributed by atoms with Crippen LogP contribution in [0.5, 0.6) is 0 Å². The van der Waals surface area contributed by atoms with E-state index in [-0.39, 0.29) is 0 Å². The second-order valence-corrected chi connectivity index (χ2v) is 5.87. The third-order valence-corrected chi connectivity index (χ3v) is 4.07. The Bertz CT molecular complexity index is 761. The summed E-state index contributed by atoms with van der Waals surface area (Å²) in [5.41, 5.74) is 2.23. The molecular weight excluding hydrogens is 296 g/mol. The van der Waals surface area contributed by atoms with Crippen LogP contribution in [0.15, 0.2) is 53.5 Å². The van der Waals surface area contributed by atoms with Crippen molar-refractivity contribution in [3.05, 3.63) is 64.7 Å². The summed E-state index contributed by atoms with van der Waals surface area (Å²) < 4.78 is 6.18. The molecular formula is C18H15ClN2O. The lowest BCUT2D eigenvalue weighted by Crippen LogP contribution is -2.32. The van der Waals surface area contributed by atoms with Crippen LogP contribution in [0.4, 0.5) is 5.69 Å². The van der Waals surface area contributed by atoms with Crippen molar-refractivity contribution in [2.24, 2.45) is 4.99 Å². The first-order valence-electron chi connectivity index (χ1n) is 7.12. The Morgan fingerprint density at radius 1 is 1.18 bits per heavy atom. The number of rotatable bonds is 3. The van der Waals surface area contributed by atoms with Crippen LogP contribution in [0.3, 0.4) is 0 Å². The van der Waals surface area contributed by atoms with Crippen LogP contribution in [-0.4, -0.2) is 5.90 Å². The van der Waals surface area contributed by atoms with Crippen molar-refractivity contribution in [3.8, 4) is 6.07 Å². The maximum Gasteiger partial charge on any atom is 0.222 e. The van der Waals surface area contributed by atoms with Crippen LogP contribution < -0.4 is 0 Å². The van der Waals surface area contributed by atoms with Gasteiger partial charge in [-0.15, -0.1) is 0 Å². The number of aliphatic imine (C=N–C) groups is 1. The highest BCUT2D eigenvalue weighted by Crippen LogP contribution is 2.41. The third kappa shape index (κ3) is 2.70. The van der Waals surface area contributed by atoms with E-state index in [4.69, 9.17) is 21.6 Å². The molecule has 0 saturated heterocycles. The van der Waals surface area contributed by atoms with E-state index in [2.05, 4.69) is 11.1 Å². The highest BCUT2D eigenvalue weighted by molar-refractivity contribution is 6.30. The van der Waals surface area contributed by atoms with Crippen molar-refractivity contribution < 1.29 is 4.74 Å². The molecule has 110 valence electrons. The molecule has 0 spiro atoms. The van der Waals surface area contributed by atoms with Gasteiger partial charge < -0.3 is 4.74 Å². The summed E-state index contributed by atoms with van der Waals surface area (Å²) in [6, 6.07) is 17.5. The molecule has 3 nitrogen and oxygen atoms in total. The van der Waals surface area contributed by atoms with Gasteiger partial charge in [0.15, 0.2) is 0 Å². The Labute approximate surface area is 134 Å². The smallest absolute Gasteiger partial charge is 0.222 e. The minimum atomic E-state index is -0.553. The molecule has 0 aromatic heterocycles. The van der Waals surface area contributed by atoms with Crippen LogP contribution in [-0.2, 0) is 10.3 Å². The van der Waals surface area contributed by atoms with Crippen LogP contribution in [0.2, 0.25) is 5.02 Å². The Morgan fingerprint density at radius 3 is 2.64 bits per heavy atom. The van der Waals surface area contributed by atoms with Crippen molar-refractivity contribution in [2.75, 3.05) is 0 Å². The van der Waals surface area contributed by atoms with Gasteiger partial charge in [-0.2, -0.15) is 5.26 Å². The summed E-state index contributed by atoms with van der Waals surface area (Å²) in [4.78, 5) is 4.62. The van der Waals surface area contributed by atoms with Gasteiger partial charge in [0.25, 0.3) is 0 Å². The Kier molecular flexibility index (Phi) is 3.87. The third-order valence-electron chi connectivity index (χ3n) is 3.82. The van der Waals surface area contributed by atoms with Crippen LogP contribution >= 0.6 is 11.6 Å². The first-order chi connectivity index (χ1) is 10.6. The topological polar surface area (TPSA) is 45.4 Å². The number of halogens is 1.